The van der Waals surface area contributed by atoms with Crippen LogP contribution in [0.15, 0.2) is 0 Å². The molecule has 0 saturated carbocycles. The lowest BCUT2D eigenvalue weighted by atomic mass is 10.1. The summed E-state index contributed by atoms with van der Waals surface area (Å²) < 4.78 is 0. The van der Waals surface area contributed by atoms with Crippen LogP contribution in [0.2, 0.25) is 0 Å². The van der Waals surface area contributed by atoms with E-state index in [9.17, 15) is 29.1 Å². The largest absolute Gasteiger partial charge is 0.481 e. The first-order valence-corrected chi connectivity index (χ1v) is 9.79. The molecule has 13 nitrogen and oxygen atoms in total. The van der Waals surface area contributed by atoms with Gasteiger partial charge in [0.25, 0.3) is 0 Å². The van der Waals surface area contributed by atoms with Crippen LogP contribution < -0.4 is 10.6 Å². The monoisotopic (exact) mass is 447 g/mol. The molecule has 2 amide bonds. The SMILES string of the molecule is CCN(CCN(CCN(CC(=O)NC)CC(C(=O)O)C(=O)O)CC(=O)O)CC(=O)NC. The lowest BCUT2D eigenvalue weighted by molar-refractivity contribution is -0.155. The Morgan fingerprint density at radius 3 is 1.52 bits per heavy atom. The Labute approximate surface area is 181 Å². The molecule has 0 atom stereocenters. The van der Waals surface area contributed by atoms with E-state index in [1.165, 1.54) is 19.0 Å². The van der Waals surface area contributed by atoms with E-state index in [0.717, 1.165) is 0 Å². The van der Waals surface area contributed by atoms with E-state index in [1.54, 1.807) is 4.90 Å². The number of hydrogen-bond donors (Lipinski definition) is 5. The second kappa shape index (κ2) is 15.1. The molecule has 0 fully saturated rings. The number of likely N-dealkylation sites (N-methyl/N-ethyl adjacent to an activating group) is 3. The molecular formula is C18H33N5O8. The highest BCUT2D eigenvalue weighted by Gasteiger charge is 2.29. The van der Waals surface area contributed by atoms with Gasteiger partial charge in [0.1, 0.15) is 0 Å². The zero-order chi connectivity index (χ0) is 24.0. The second-order valence-electron chi connectivity index (χ2n) is 6.85. The van der Waals surface area contributed by atoms with E-state index >= 15 is 0 Å². The number of nitrogens with zero attached hydrogens (tertiary/aromatic N) is 3. The van der Waals surface area contributed by atoms with Gasteiger partial charge in [-0.3, -0.25) is 38.7 Å². The van der Waals surface area contributed by atoms with Crippen LogP contribution in [-0.4, -0.2) is 133 Å². The Kier molecular flexibility index (Phi) is 13.7. The van der Waals surface area contributed by atoms with Crippen LogP contribution in [0.4, 0.5) is 0 Å². The fourth-order valence-corrected chi connectivity index (χ4v) is 2.70. The Bertz CT molecular complexity index is 616. The van der Waals surface area contributed by atoms with Crippen LogP contribution in [0.5, 0.6) is 0 Å². The van der Waals surface area contributed by atoms with Crippen molar-refractivity contribution < 1.29 is 39.3 Å². The van der Waals surface area contributed by atoms with Crippen molar-refractivity contribution in [3.8, 4) is 0 Å². The predicted octanol–water partition coefficient (Wildman–Crippen LogP) is -2.73. The molecule has 0 saturated heterocycles. The molecule has 0 aliphatic carbocycles. The molecule has 0 aromatic heterocycles. The standard InChI is InChI=1S/C18H33N5O8/c1-4-21(10-14(24)19-2)5-6-22(12-16(26)27)7-8-23(11-15(25)20-3)9-13(17(28)29)18(30)31/h13H,4-12H2,1-3H3,(H,19,24)(H,20,25)(H,26,27)(H,28,29)(H,30,31). The molecule has 0 aliphatic heterocycles. The van der Waals surface area contributed by atoms with Gasteiger partial charge in [0, 0.05) is 46.8 Å². The lowest BCUT2D eigenvalue weighted by Crippen LogP contribution is -2.47. The summed E-state index contributed by atoms with van der Waals surface area (Å²) in [5.41, 5.74) is 0. The van der Waals surface area contributed by atoms with Crippen molar-refractivity contribution in [2.75, 3.05) is 73.0 Å². The van der Waals surface area contributed by atoms with Gasteiger partial charge in [-0.15, -0.1) is 0 Å². The van der Waals surface area contributed by atoms with Crippen molar-refractivity contribution in [1.82, 2.24) is 25.3 Å². The van der Waals surface area contributed by atoms with E-state index in [0.29, 0.717) is 19.6 Å². The summed E-state index contributed by atoms with van der Waals surface area (Å²) in [6.45, 7) is 2.65. The van der Waals surface area contributed by atoms with E-state index in [-0.39, 0.29) is 38.6 Å². The highest BCUT2D eigenvalue weighted by molar-refractivity contribution is 5.93. The van der Waals surface area contributed by atoms with E-state index in [4.69, 9.17) is 10.2 Å². The third kappa shape index (κ3) is 12.5. The number of aliphatic carboxylic acids is 3. The van der Waals surface area contributed by atoms with Gasteiger partial charge in [-0.25, -0.2) is 0 Å². The molecule has 178 valence electrons. The van der Waals surface area contributed by atoms with Crippen LogP contribution in [0, 0.1) is 5.92 Å². The summed E-state index contributed by atoms with van der Waals surface area (Å²) in [7, 11) is 2.92. The van der Waals surface area contributed by atoms with Crippen molar-refractivity contribution in [3.63, 3.8) is 0 Å². The van der Waals surface area contributed by atoms with Crippen molar-refractivity contribution in [1.29, 1.82) is 0 Å². The minimum Gasteiger partial charge on any atom is -0.481 e. The van der Waals surface area contributed by atoms with Crippen LogP contribution in [0.1, 0.15) is 6.92 Å². The average Bonchev–Trinajstić information content (AvgIpc) is 2.70. The van der Waals surface area contributed by atoms with Crippen molar-refractivity contribution >= 4 is 29.7 Å². The first-order valence-electron chi connectivity index (χ1n) is 9.79. The van der Waals surface area contributed by atoms with Crippen LogP contribution in [0.25, 0.3) is 0 Å². The minimum atomic E-state index is -1.72. The van der Waals surface area contributed by atoms with Gasteiger partial charge in [-0.1, -0.05) is 6.92 Å². The summed E-state index contributed by atoms with van der Waals surface area (Å²) in [5, 5.41) is 32.3. The lowest BCUT2D eigenvalue weighted by Gasteiger charge is -2.29. The quantitative estimate of drug-likeness (QED) is 0.146. The maximum atomic E-state index is 11.8. The first kappa shape index (κ1) is 28.2. The minimum absolute atomic E-state index is 0.0827. The Balaban J connectivity index is 5.14. The molecule has 0 radical (unpaired) electrons. The van der Waals surface area contributed by atoms with Crippen molar-refractivity contribution in [2.24, 2.45) is 5.92 Å². The fraction of sp³-hybridized carbons (Fsp3) is 0.722. The van der Waals surface area contributed by atoms with Crippen molar-refractivity contribution in [3.05, 3.63) is 0 Å². The Morgan fingerprint density at radius 2 is 1.13 bits per heavy atom. The summed E-state index contributed by atoms with van der Waals surface area (Å²) in [6.07, 6.45) is 0. The van der Waals surface area contributed by atoms with Gasteiger partial charge in [0.15, 0.2) is 5.92 Å². The normalized spacial score (nSPS) is 11.2. The summed E-state index contributed by atoms with van der Waals surface area (Å²) in [6, 6.07) is 0. The highest BCUT2D eigenvalue weighted by Crippen LogP contribution is 2.04. The van der Waals surface area contributed by atoms with Crippen LogP contribution >= 0.6 is 0 Å². The van der Waals surface area contributed by atoms with Gasteiger partial charge in [0.05, 0.1) is 19.6 Å². The van der Waals surface area contributed by atoms with Gasteiger partial charge in [-0.05, 0) is 6.54 Å². The van der Waals surface area contributed by atoms with E-state index in [2.05, 4.69) is 10.6 Å². The zero-order valence-corrected chi connectivity index (χ0v) is 18.2. The van der Waals surface area contributed by atoms with Crippen LogP contribution in [0.3, 0.4) is 0 Å². The predicted molar refractivity (Wildman–Crippen MR) is 110 cm³/mol. The number of carbonyl (C=O) groups is 5. The number of hydrogen-bond acceptors (Lipinski definition) is 8. The molecule has 0 spiro atoms. The summed E-state index contributed by atoms with van der Waals surface area (Å²) >= 11 is 0. The highest BCUT2D eigenvalue weighted by atomic mass is 16.4. The smallest absolute Gasteiger partial charge is 0.319 e. The molecule has 31 heavy (non-hydrogen) atoms. The molecule has 0 rings (SSSR count). The molecule has 0 aliphatic rings. The first-order chi connectivity index (χ1) is 14.5. The van der Waals surface area contributed by atoms with E-state index < -0.39 is 36.3 Å². The molecule has 0 heterocycles. The van der Waals surface area contributed by atoms with Gasteiger partial charge < -0.3 is 26.0 Å². The number of carboxylic acid groups (broad SMARTS) is 3. The molecule has 0 bridgehead atoms. The van der Waals surface area contributed by atoms with Crippen LogP contribution in [-0.2, 0) is 24.0 Å². The number of rotatable bonds is 17. The third-order valence-electron chi connectivity index (χ3n) is 4.60. The molecule has 0 aromatic carbocycles. The molecule has 0 unspecified atom stereocenters. The zero-order valence-electron chi connectivity index (χ0n) is 18.2. The average molecular weight is 447 g/mol. The molecule has 13 heteroatoms. The van der Waals surface area contributed by atoms with Gasteiger partial charge in [-0.2, -0.15) is 0 Å². The topological polar surface area (TPSA) is 180 Å². The molecule has 5 N–H and O–H groups in total. The number of carboxylic acids is 3. The second-order valence-corrected chi connectivity index (χ2v) is 6.85. The number of carbonyl (C=O) groups excluding carboxylic acids is 2. The van der Waals surface area contributed by atoms with Gasteiger partial charge >= 0.3 is 17.9 Å². The fourth-order valence-electron chi connectivity index (χ4n) is 2.70. The Hall–Kier alpha value is -2.77. The van der Waals surface area contributed by atoms with Crippen molar-refractivity contribution in [2.45, 2.75) is 6.92 Å². The maximum Gasteiger partial charge on any atom is 0.319 e. The summed E-state index contributed by atoms with van der Waals surface area (Å²) in [5.74, 6) is -6.44. The third-order valence-corrected chi connectivity index (χ3v) is 4.60. The molecule has 0 aromatic rings. The van der Waals surface area contributed by atoms with E-state index in [1.807, 2.05) is 11.8 Å². The van der Waals surface area contributed by atoms with Gasteiger partial charge in [0.2, 0.25) is 11.8 Å². The summed E-state index contributed by atoms with van der Waals surface area (Å²) in [4.78, 5) is 61.7. The number of amides is 2. The maximum absolute atomic E-state index is 11.8. The Morgan fingerprint density at radius 1 is 0.710 bits per heavy atom. The number of nitrogens with one attached hydrogen (secondary N) is 2. The molecular weight excluding hydrogens is 414 g/mol.